The molecule has 1 heterocycles. The normalized spacial score (nSPS) is 21.2. The first-order valence-corrected chi connectivity index (χ1v) is 7.78. The van der Waals surface area contributed by atoms with E-state index in [1.807, 2.05) is 0 Å². The predicted octanol–water partition coefficient (Wildman–Crippen LogP) is 5.13. The first-order chi connectivity index (χ1) is 7.59. The van der Waals surface area contributed by atoms with E-state index in [-0.39, 0.29) is 6.04 Å². The highest BCUT2D eigenvalue weighted by Gasteiger charge is 2.39. The average Bonchev–Trinajstić information content (AvgIpc) is 2.87. The molecule has 1 aliphatic carbocycles. The number of hydrogen-bond donors (Lipinski definition) is 1. The summed E-state index contributed by atoms with van der Waals surface area (Å²) in [6.07, 6.45) is 6.33. The van der Waals surface area contributed by atoms with E-state index in [1.54, 1.807) is 11.3 Å². The minimum absolute atomic E-state index is 0.147. The molecule has 0 bridgehead atoms. The van der Waals surface area contributed by atoms with Gasteiger partial charge in [-0.2, -0.15) is 0 Å². The van der Waals surface area contributed by atoms with E-state index in [0.717, 1.165) is 8.81 Å². The van der Waals surface area contributed by atoms with Crippen LogP contribution in [0.2, 0.25) is 4.34 Å². The van der Waals surface area contributed by atoms with Crippen LogP contribution < -0.4 is 5.73 Å². The zero-order valence-electron chi connectivity index (χ0n) is 9.43. The molecule has 90 valence electrons. The smallest absolute Gasteiger partial charge is 0.107 e. The molecule has 16 heavy (non-hydrogen) atoms. The summed E-state index contributed by atoms with van der Waals surface area (Å²) < 4.78 is 1.79. The summed E-state index contributed by atoms with van der Waals surface area (Å²) >= 11 is 11.2. The fourth-order valence-electron chi connectivity index (χ4n) is 2.78. The summed E-state index contributed by atoms with van der Waals surface area (Å²) in [5, 5.41) is 0. The molecule has 1 aromatic rings. The minimum atomic E-state index is 0.147. The van der Waals surface area contributed by atoms with Crippen molar-refractivity contribution in [3.05, 3.63) is 19.8 Å². The number of thiophene rings is 1. The fraction of sp³-hybridized carbons (Fsp3) is 0.667. The van der Waals surface area contributed by atoms with Crippen molar-refractivity contribution >= 4 is 38.9 Å². The van der Waals surface area contributed by atoms with Gasteiger partial charge >= 0.3 is 0 Å². The maximum Gasteiger partial charge on any atom is 0.107 e. The number of nitrogens with two attached hydrogens (primary N) is 1. The molecule has 1 unspecified atom stereocenters. The molecule has 2 N–H and O–H groups in total. The highest BCUT2D eigenvalue weighted by atomic mass is 79.9. The molecule has 1 fully saturated rings. The largest absolute Gasteiger partial charge is 0.323 e. The van der Waals surface area contributed by atoms with Gasteiger partial charge < -0.3 is 5.73 Å². The van der Waals surface area contributed by atoms with E-state index >= 15 is 0 Å². The Morgan fingerprint density at radius 2 is 2.19 bits per heavy atom. The van der Waals surface area contributed by atoms with Crippen LogP contribution in [-0.4, -0.2) is 0 Å². The highest BCUT2D eigenvalue weighted by molar-refractivity contribution is 9.10. The molecule has 1 aromatic heterocycles. The molecule has 1 saturated carbocycles. The van der Waals surface area contributed by atoms with Crippen LogP contribution in [0, 0.1) is 5.41 Å². The van der Waals surface area contributed by atoms with Gasteiger partial charge in [-0.05, 0) is 46.7 Å². The summed E-state index contributed by atoms with van der Waals surface area (Å²) in [4.78, 5) is 1.22. The van der Waals surface area contributed by atoms with Gasteiger partial charge in [-0.15, -0.1) is 11.3 Å². The molecule has 2 rings (SSSR count). The summed E-state index contributed by atoms with van der Waals surface area (Å²) in [6, 6.07) is 2.24. The van der Waals surface area contributed by atoms with Gasteiger partial charge in [0.05, 0.1) is 0 Å². The quantitative estimate of drug-likeness (QED) is 0.819. The lowest BCUT2D eigenvalue weighted by Crippen LogP contribution is -2.31. The molecule has 1 atom stereocenters. The monoisotopic (exact) mass is 321 g/mol. The van der Waals surface area contributed by atoms with Gasteiger partial charge in [-0.25, -0.2) is 0 Å². The van der Waals surface area contributed by atoms with E-state index in [4.69, 9.17) is 17.3 Å². The van der Waals surface area contributed by atoms with Crippen molar-refractivity contribution < 1.29 is 0 Å². The van der Waals surface area contributed by atoms with Gasteiger partial charge in [-0.3, -0.25) is 0 Å². The van der Waals surface area contributed by atoms with Crippen LogP contribution in [0.3, 0.4) is 0 Å². The van der Waals surface area contributed by atoms with Crippen molar-refractivity contribution in [1.29, 1.82) is 0 Å². The Bertz CT molecular complexity index is 352. The number of halogens is 2. The van der Waals surface area contributed by atoms with Gasteiger partial charge in [0.25, 0.3) is 0 Å². The second kappa shape index (κ2) is 4.97. The molecule has 0 aliphatic heterocycles. The third-order valence-electron chi connectivity index (χ3n) is 3.93. The Morgan fingerprint density at radius 1 is 1.56 bits per heavy atom. The third kappa shape index (κ3) is 2.20. The first-order valence-electron chi connectivity index (χ1n) is 5.79. The molecule has 1 aliphatic rings. The maximum absolute atomic E-state index is 6.46. The average molecular weight is 323 g/mol. The second-order valence-electron chi connectivity index (χ2n) is 4.67. The molecule has 0 radical (unpaired) electrons. The van der Waals surface area contributed by atoms with E-state index in [9.17, 15) is 0 Å². The van der Waals surface area contributed by atoms with Gasteiger partial charge in [0.15, 0.2) is 0 Å². The van der Waals surface area contributed by atoms with Gasteiger partial charge in [0.1, 0.15) is 4.34 Å². The summed E-state index contributed by atoms with van der Waals surface area (Å²) in [5.41, 5.74) is 6.77. The van der Waals surface area contributed by atoms with Crippen molar-refractivity contribution in [2.75, 3.05) is 0 Å². The van der Waals surface area contributed by atoms with Crippen LogP contribution in [0.1, 0.15) is 49.9 Å². The Morgan fingerprint density at radius 3 is 2.62 bits per heavy atom. The van der Waals surface area contributed by atoms with Crippen molar-refractivity contribution in [1.82, 2.24) is 0 Å². The molecule has 0 amide bonds. The molecular weight excluding hydrogens is 306 g/mol. The van der Waals surface area contributed by atoms with Crippen LogP contribution in [0.25, 0.3) is 0 Å². The van der Waals surface area contributed by atoms with Crippen LogP contribution in [0.4, 0.5) is 0 Å². The molecule has 1 nitrogen and oxygen atoms in total. The van der Waals surface area contributed by atoms with Crippen LogP contribution >= 0.6 is 38.9 Å². The first kappa shape index (κ1) is 12.9. The second-order valence-corrected chi connectivity index (χ2v) is 7.21. The zero-order chi connectivity index (χ0) is 11.8. The fourth-order valence-corrected chi connectivity index (χ4v) is 4.66. The maximum atomic E-state index is 6.46. The lowest BCUT2D eigenvalue weighted by atomic mass is 9.76. The molecule has 0 spiro atoms. The molecular formula is C12H17BrClNS. The zero-order valence-corrected chi connectivity index (χ0v) is 12.6. The van der Waals surface area contributed by atoms with E-state index in [1.165, 1.54) is 37.0 Å². The van der Waals surface area contributed by atoms with Gasteiger partial charge in [-0.1, -0.05) is 31.4 Å². The molecule has 0 saturated heterocycles. The van der Waals surface area contributed by atoms with Crippen molar-refractivity contribution in [2.45, 2.75) is 45.1 Å². The van der Waals surface area contributed by atoms with Crippen LogP contribution in [-0.2, 0) is 0 Å². The third-order valence-corrected chi connectivity index (χ3v) is 6.49. The molecule has 0 aromatic carbocycles. The van der Waals surface area contributed by atoms with E-state index < -0.39 is 0 Å². The van der Waals surface area contributed by atoms with Gasteiger partial charge in [0.2, 0.25) is 0 Å². The summed E-state index contributed by atoms with van der Waals surface area (Å²) in [5.74, 6) is 0. The Hall–Kier alpha value is 0.430. The standard InChI is InChI=1S/C12H17BrClNS/c1-2-12(5-3-4-6-12)10(15)9-7-8(13)11(14)16-9/h7,10H,2-6,15H2,1H3. The number of rotatable bonds is 3. The SMILES string of the molecule is CCC1(C(N)c2cc(Br)c(Cl)s2)CCCC1. The Balaban J connectivity index is 2.26. The van der Waals surface area contributed by atoms with Crippen LogP contribution in [0.5, 0.6) is 0 Å². The topological polar surface area (TPSA) is 26.0 Å². The van der Waals surface area contributed by atoms with Crippen molar-refractivity contribution in [3.8, 4) is 0 Å². The number of hydrogen-bond acceptors (Lipinski definition) is 2. The van der Waals surface area contributed by atoms with Gasteiger partial charge in [0, 0.05) is 15.4 Å². The highest BCUT2D eigenvalue weighted by Crippen LogP contribution is 2.51. The predicted molar refractivity (Wildman–Crippen MR) is 75.1 cm³/mol. The Kier molecular flexibility index (Phi) is 4.00. The lowest BCUT2D eigenvalue weighted by molar-refractivity contribution is 0.225. The Labute approximate surface area is 114 Å². The van der Waals surface area contributed by atoms with Crippen LogP contribution in [0.15, 0.2) is 10.5 Å². The summed E-state index contributed by atoms with van der Waals surface area (Å²) in [7, 11) is 0. The molecule has 4 heteroatoms. The van der Waals surface area contributed by atoms with E-state index in [0.29, 0.717) is 5.41 Å². The van der Waals surface area contributed by atoms with Crippen molar-refractivity contribution in [3.63, 3.8) is 0 Å². The van der Waals surface area contributed by atoms with E-state index in [2.05, 4.69) is 28.9 Å². The minimum Gasteiger partial charge on any atom is -0.323 e. The van der Waals surface area contributed by atoms with Crippen molar-refractivity contribution in [2.24, 2.45) is 11.1 Å². The summed E-state index contributed by atoms with van der Waals surface area (Å²) in [6.45, 7) is 2.26. The lowest BCUT2D eigenvalue weighted by Gasteiger charge is -2.33.